The van der Waals surface area contributed by atoms with Crippen LogP contribution in [0.2, 0.25) is 0 Å². The average Bonchev–Trinajstić information content (AvgIpc) is 3.50. The fraction of sp³-hybridized carbons (Fsp3) is 0.259. The standard InChI is InChI=1S/C27H26N2O3/c1-3-18-10-12-19(13-11-18)27(30)29-16-6-8-23(29)26-28-22-17-20(14-15-25(22)32-26)21-7-4-5-9-24(21)31-2/h4-5,7,9-15,17,23H,3,6,8,16H2,1-2H3/t23-/m0/s1. The summed E-state index contributed by atoms with van der Waals surface area (Å²) < 4.78 is 11.6. The van der Waals surface area contributed by atoms with Crippen LogP contribution < -0.4 is 4.74 Å². The number of benzene rings is 3. The Labute approximate surface area is 187 Å². The van der Waals surface area contributed by atoms with E-state index in [0.717, 1.165) is 47.2 Å². The van der Waals surface area contributed by atoms with Crippen LogP contribution in [0.3, 0.4) is 0 Å². The van der Waals surface area contributed by atoms with Gasteiger partial charge in [-0.25, -0.2) is 4.98 Å². The number of nitrogens with zero attached hydrogens (tertiary/aromatic N) is 2. The molecule has 1 aliphatic heterocycles. The predicted molar refractivity (Wildman–Crippen MR) is 125 cm³/mol. The van der Waals surface area contributed by atoms with Gasteiger partial charge in [0.2, 0.25) is 5.89 Å². The fourth-order valence-corrected chi connectivity index (χ4v) is 4.45. The lowest BCUT2D eigenvalue weighted by Gasteiger charge is -2.22. The molecule has 1 aromatic heterocycles. The van der Waals surface area contributed by atoms with Gasteiger partial charge in [0.05, 0.1) is 7.11 Å². The smallest absolute Gasteiger partial charge is 0.254 e. The second-order valence-corrected chi connectivity index (χ2v) is 8.14. The molecule has 162 valence electrons. The number of fused-ring (bicyclic) bond motifs is 1. The number of aryl methyl sites for hydroxylation is 1. The number of hydrogen-bond donors (Lipinski definition) is 0. The molecule has 0 spiro atoms. The van der Waals surface area contributed by atoms with Crippen molar-refractivity contribution in [1.29, 1.82) is 0 Å². The lowest BCUT2D eigenvalue weighted by Crippen LogP contribution is -2.30. The van der Waals surface area contributed by atoms with Gasteiger partial charge in [0.15, 0.2) is 5.58 Å². The summed E-state index contributed by atoms with van der Waals surface area (Å²) in [4.78, 5) is 19.9. The van der Waals surface area contributed by atoms with Crippen LogP contribution in [0.5, 0.6) is 5.75 Å². The summed E-state index contributed by atoms with van der Waals surface area (Å²) in [6.07, 6.45) is 2.75. The summed E-state index contributed by atoms with van der Waals surface area (Å²) in [5.74, 6) is 1.46. The van der Waals surface area contributed by atoms with Crippen LogP contribution in [0.25, 0.3) is 22.2 Å². The van der Waals surface area contributed by atoms with Crippen molar-refractivity contribution in [3.8, 4) is 16.9 Å². The number of rotatable bonds is 5. The zero-order valence-electron chi connectivity index (χ0n) is 18.4. The van der Waals surface area contributed by atoms with Gasteiger partial charge in [-0.3, -0.25) is 4.79 Å². The number of carbonyl (C=O) groups is 1. The molecule has 1 fully saturated rings. The summed E-state index contributed by atoms with van der Waals surface area (Å²) in [6, 6.07) is 21.6. The van der Waals surface area contributed by atoms with Crippen molar-refractivity contribution in [2.45, 2.75) is 32.2 Å². The van der Waals surface area contributed by atoms with Gasteiger partial charge in [-0.15, -0.1) is 0 Å². The van der Waals surface area contributed by atoms with Crippen LogP contribution in [0.15, 0.2) is 71.1 Å². The number of para-hydroxylation sites is 1. The SMILES string of the molecule is CCc1ccc(C(=O)N2CCC[C@H]2c2nc3cc(-c4ccccc4OC)ccc3o2)cc1. The number of carbonyl (C=O) groups excluding carboxylic acids is 1. The maximum Gasteiger partial charge on any atom is 0.254 e. The molecule has 3 aromatic carbocycles. The normalized spacial score (nSPS) is 15.9. The minimum absolute atomic E-state index is 0.0344. The summed E-state index contributed by atoms with van der Waals surface area (Å²) in [5.41, 5.74) is 5.48. The van der Waals surface area contributed by atoms with E-state index in [1.165, 1.54) is 5.56 Å². The van der Waals surface area contributed by atoms with Gasteiger partial charge in [0.1, 0.15) is 17.3 Å². The Morgan fingerprint density at radius 3 is 2.72 bits per heavy atom. The van der Waals surface area contributed by atoms with Gasteiger partial charge in [0.25, 0.3) is 5.91 Å². The molecule has 0 saturated carbocycles. The van der Waals surface area contributed by atoms with Gasteiger partial charge in [-0.2, -0.15) is 0 Å². The van der Waals surface area contributed by atoms with Crippen LogP contribution in [0, 0.1) is 0 Å². The van der Waals surface area contributed by atoms with E-state index in [2.05, 4.69) is 6.92 Å². The quantitative estimate of drug-likeness (QED) is 0.390. The molecule has 4 aromatic rings. The Morgan fingerprint density at radius 1 is 1.12 bits per heavy atom. The first kappa shape index (κ1) is 20.3. The third kappa shape index (κ3) is 3.64. The van der Waals surface area contributed by atoms with Gasteiger partial charge >= 0.3 is 0 Å². The summed E-state index contributed by atoms with van der Waals surface area (Å²) in [6.45, 7) is 2.82. The monoisotopic (exact) mass is 426 g/mol. The summed E-state index contributed by atoms with van der Waals surface area (Å²) in [7, 11) is 1.67. The average molecular weight is 427 g/mol. The van der Waals surface area contributed by atoms with Crippen molar-refractivity contribution >= 4 is 17.0 Å². The van der Waals surface area contributed by atoms with E-state index in [9.17, 15) is 4.79 Å². The molecule has 0 bridgehead atoms. The van der Waals surface area contributed by atoms with Crippen molar-refractivity contribution in [2.75, 3.05) is 13.7 Å². The van der Waals surface area contributed by atoms with Gasteiger partial charge in [0, 0.05) is 17.7 Å². The van der Waals surface area contributed by atoms with Crippen molar-refractivity contribution in [3.05, 3.63) is 83.7 Å². The molecule has 0 N–H and O–H groups in total. The molecule has 5 heteroatoms. The molecule has 1 atom stereocenters. The number of methoxy groups -OCH3 is 1. The molecule has 0 radical (unpaired) electrons. The number of likely N-dealkylation sites (tertiary alicyclic amines) is 1. The van der Waals surface area contributed by atoms with E-state index in [4.69, 9.17) is 14.1 Å². The van der Waals surface area contributed by atoms with Crippen LogP contribution in [0.1, 0.15) is 47.6 Å². The minimum atomic E-state index is -0.143. The lowest BCUT2D eigenvalue weighted by atomic mass is 10.0. The Balaban J connectivity index is 1.45. The minimum Gasteiger partial charge on any atom is -0.496 e. The zero-order chi connectivity index (χ0) is 22.1. The second kappa shape index (κ2) is 8.50. The highest BCUT2D eigenvalue weighted by Gasteiger charge is 2.34. The van der Waals surface area contributed by atoms with Crippen LogP contribution in [-0.2, 0) is 6.42 Å². The van der Waals surface area contributed by atoms with E-state index < -0.39 is 0 Å². The highest BCUT2D eigenvalue weighted by molar-refractivity contribution is 5.94. The highest BCUT2D eigenvalue weighted by atomic mass is 16.5. The summed E-state index contributed by atoms with van der Waals surface area (Å²) in [5, 5.41) is 0. The van der Waals surface area contributed by atoms with Crippen molar-refractivity contribution < 1.29 is 13.9 Å². The number of amides is 1. The molecule has 1 saturated heterocycles. The second-order valence-electron chi connectivity index (χ2n) is 8.14. The highest BCUT2D eigenvalue weighted by Crippen LogP contribution is 2.36. The number of ether oxygens (including phenoxy) is 1. The van der Waals surface area contributed by atoms with Crippen molar-refractivity contribution in [2.24, 2.45) is 0 Å². The van der Waals surface area contributed by atoms with E-state index in [-0.39, 0.29) is 11.9 Å². The van der Waals surface area contributed by atoms with E-state index >= 15 is 0 Å². The Bertz CT molecular complexity index is 1260. The first-order valence-electron chi connectivity index (χ1n) is 11.1. The fourth-order valence-electron chi connectivity index (χ4n) is 4.45. The number of oxazole rings is 1. The summed E-state index contributed by atoms with van der Waals surface area (Å²) >= 11 is 0. The first-order chi connectivity index (χ1) is 15.7. The predicted octanol–water partition coefficient (Wildman–Crippen LogP) is 6.04. The molecule has 0 aliphatic carbocycles. The molecule has 32 heavy (non-hydrogen) atoms. The van der Waals surface area contributed by atoms with Crippen molar-refractivity contribution in [1.82, 2.24) is 9.88 Å². The largest absolute Gasteiger partial charge is 0.496 e. The zero-order valence-corrected chi connectivity index (χ0v) is 18.4. The molecule has 2 heterocycles. The third-order valence-electron chi connectivity index (χ3n) is 6.23. The molecule has 1 amide bonds. The van der Waals surface area contributed by atoms with Crippen LogP contribution >= 0.6 is 0 Å². The molecule has 0 unspecified atom stereocenters. The lowest BCUT2D eigenvalue weighted by molar-refractivity contribution is 0.0717. The molecule has 1 aliphatic rings. The third-order valence-corrected chi connectivity index (χ3v) is 6.23. The molecule has 5 rings (SSSR count). The van der Waals surface area contributed by atoms with Crippen LogP contribution in [-0.4, -0.2) is 29.4 Å². The molecular weight excluding hydrogens is 400 g/mol. The molecular formula is C27H26N2O3. The van der Waals surface area contributed by atoms with Gasteiger partial charge < -0.3 is 14.1 Å². The first-order valence-corrected chi connectivity index (χ1v) is 11.1. The van der Waals surface area contributed by atoms with Gasteiger partial charge in [-0.1, -0.05) is 43.3 Å². The number of aromatic nitrogens is 1. The Hall–Kier alpha value is -3.60. The Morgan fingerprint density at radius 2 is 1.94 bits per heavy atom. The van der Waals surface area contributed by atoms with E-state index in [1.807, 2.05) is 71.6 Å². The number of hydrogen-bond acceptors (Lipinski definition) is 4. The van der Waals surface area contributed by atoms with E-state index in [0.29, 0.717) is 18.0 Å². The van der Waals surface area contributed by atoms with Crippen molar-refractivity contribution in [3.63, 3.8) is 0 Å². The van der Waals surface area contributed by atoms with Gasteiger partial charge in [-0.05, 0) is 60.7 Å². The molecule has 5 nitrogen and oxygen atoms in total. The van der Waals surface area contributed by atoms with Crippen LogP contribution in [0.4, 0.5) is 0 Å². The topological polar surface area (TPSA) is 55.6 Å². The Kier molecular flexibility index (Phi) is 5.39. The van der Waals surface area contributed by atoms with E-state index in [1.54, 1.807) is 7.11 Å². The maximum atomic E-state index is 13.2. The maximum absolute atomic E-state index is 13.2.